The number of amides is 6. The summed E-state index contributed by atoms with van der Waals surface area (Å²) in [7, 11) is 2.65. The highest BCUT2D eigenvalue weighted by Gasteiger charge is 2.50. The van der Waals surface area contributed by atoms with Gasteiger partial charge in [-0.15, -0.1) is 0 Å². The number of carboxylic acid groups (broad SMARTS) is 1. The number of anilines is 3. The van der Waals surface area contributed by atoms with Crippen LogP contribution in [-0.2, 0) is 41.8 Å². The summed E-state index contributed by atoms with van der Waals surface area (Å²) in [5.74, 6) is -4.38. The number of hydrogen-bond acceptors (Lipinski definition) is 23. The van der Waals surface area contributed by atoms with E-state index in [1.54, 1.807) is 38.1 Å². The summed E-state index contributed by atoms with van der Waals surface area (Å²) in [6, 6.07) is 11.2. The molecule has 3 saturated heterocycles. The van der Waals surface area contributed by atoms with Crippen LogP contribution < -0.4 is 49.9 Å². The Morgan fingerprint density at radius 2 is 1.20 bits per heavy atom. The maximum atomic E-state index is 14.3. The molecule has 11 atom stereocenters. The van der Waals surface area contributed by atoms with Gasteiger partial charge in [0.05, 0.1) is 73.0 Å². The van der Waals surface area contributed by atoms with Crippen LogP contribution in [-0.4, -0.2) is 195 Å². The summed E-state index contributed by atoms with van der Waals surface area (Å²) < 4.78 is 45.6. The SMILES string of the molecule is C=C1C[C@H]2[C@H](O)N(C(=O)OCc3ccc(NC(=O)C(C)NC(=O)C(N)C(C)C)cc3)c3cc(OCCCOc4cc5c(cc4OC)C(=O)N4CC(=C)C[C@H]4[C@H](O)N5C(=O)OCc4ccc(O[C@@H]5O[C@H](C(=O)O)[C@@H](O)[C@H](O)[C@H]5O)c([N+](=O)[O-])c4)c(OC)cc3C(=O)N2C1. The third-order valence-corrected chi connectivity index (χ3v) is 16.1. The van der Waals surface area contributed by atoms with E-state index in [0.29, 0.717) is 22.4 Å². The molecule has 5 aliphatic rings. The van der Waals surface area contributed by atoms with E-state index in [0.717, 1.165) is 21.9 Å². The molecule has 10 N–H and O–H groups in total. The molecule has 0 aromatic heterocycles. The zero-order chi connectivity index (χ0) is 66.7. The van der Waals surface area contributed by atoms with Crippen molar-refractivity contribution in [3.05, 3.63) is 123 Å². The van der Waals surface area contributed by atoms with Crippen LogP contribution >= 0.6 is 0 Å². The van der Waals surface area contributed by atoms with Crippen molar-refractivity contribution in [2.75, 3.05) is 55.6 Å². The molecule has 9 rings (SSSR count). The summed E-state index contributed by atoms with van der Waals surface area (Å²) in [4.78, 5) is 110. The van der Waals surface area contributed by atoms with Crippen molar-refractivity contribution in [2.45, 2.75) is 121 Å². The number of nitro benzene ring substituents is 1. The fourth-order valence-corrected chi connectivity index (χ4v) is 11.0. The van der Waals surface area contributed by atoms with Crippen molar-refractivity contribution in [2.24, 2.45) is 11.7 Å². The Bertz CT molecular complexity index is 3570. The van der Waals surface area contributed by atoms with Crippen molar-refractivity contribution in [1.82, 2.24) is 15.1 Å². The molecule has 5 aliphatic heterocycles. The Morgan fingerprint density at radius 3 is 1.67 bits per heavy atom. The zero-order valence-electron chi connectivity index (χ0n) is 50.5. The molecule has 0 radical (unpaired) electrons. The second-order valence-electron chi connectivity index (χ2n) is 22.8. The predicted molar refractivity (Wildman–Crippen MR) is 320 cm³/mol. The van der Waals surface area contributed by atoms with Gasteiger partial charge in [0.25, 0.3) is 11.8 Å². The highest BCUT2D eigenvalue weighted by atomic mass is 16.7. The predicted octanol–water partition coefficient (Wildman–Crippen LogP) is 2.65. The maximum Gasteiger partial charge on any atom is 0.416 e. The number of methoxy groups -OCH3 is 2. The van der Waals surface area contributed by atoms with E-state index in [-0.39, 0.29) is 109 Å². The number of aliphatic hydroxyl groups excluding tert-OH is 5. The number of nitrogens with two attached hydrogens (primary N) is 1. The lowest BCUT2D eigenvalue weighted by atomic mass is 9.99. The number of nitrogens with one attached hydrogen (secondary N) is 2. The van der Waals surface area contributed by atoms with Crippen LogP contribution in [0.4, 0.5) is 32.3 Å². The number of carbonyl (C=O) groups is 7. The van der Waals surface area contributed by atoms with Crippen molar-refractivity contribution in [3.63, 3.8) is 0 Å². The number of nitrogens with zero attached hydrogens (tertiary/aromatic N) is 5. The minimum absolute atomic E-state index is 0.00904. The Morgan fingerprint density at radius 1 is 0.696 bits per heavy atom. The van der Waals surface area contributed by atoms with Crippen molar-refractivity contribution < 1.29 is 107 Å². The van der Waals surface area contributed by atoms with Crippen LogP contribution in [0.3, 0.4) is 0 Å². The average Bonchev–Trinajstić information content (AvgIpc) is 1.58. The van der Waals surface area contributed by atoms with Crippen LogP contribution in [0.2, 0.25) is 0 Å². The number of carbonyl (C=O) groups excluding carboxylic acids is 6. The van der Waals surface area contributed by atoms with Gasteiger partial charge in [-0.1, -0.05) is 56.4 Å². The quantitative estimate of drug-likeness (QED) is 0.0250. The third-order valence-electron chi connectivity index (χ3n) is 16.1. The van der Waals surface area contributed by atoms with Crippen LogP contribution in [0.15, 0.2) is 91.0 Å². The minimum Gasteiger partial charge on any atom is -0.493 e. The Kier molecular flexibility index (Phi) is 20.2. The first-order valence-electron chi connectivity index (χ1n) is 29.0. The van der Waals surface area contributed by atoms with Gasteiger partial charge in [0, 0.05) is 43.4 Å². The molecule has 92 heavy (non-hydrogen) atoms. The minimum atomic E-state index is -2.07. The summed E-state index contributed by atoms with van der Waals surface area (Å²) in [5, 5.41) is 81.7. The molecule has 0 bridgehead atoms. The van der Waals surface area contributed by atoms with E-state index in [4.69, 9.17) is 43.6 Å². The average molecular weight is 1280 g/mol. The lowest BCUT2D eigenvalue weighted by molar-refractivity contribution is -0.387. The molecule has 6 amide bonds. The Labute approximate surface area is 525 Å². The Balaban J connectivity index is 0.891. The Hall–Kier alpha value is -9.63. The molecule has 4 aromatic rings. The first kappa shape index (κ1) is 66.8. The number of carboxylic acids is 1. The number of benzene rings is 4. The van der Waals surface area contributed by atoms with E-state index < -0.39 is 132 Å². The highest BCUT2D eigenvalue weighted by Crippen LogP contribution is 2.45. The first-order valence-corrected chi connectivity index (χ1v) is 29.0. The standard InChI is InChI=1S/C61H70N8O23/c1-28(2)47(62)53(74)63-31(5)52(73)64-34-12-9-32(10-13-34)26-89-60(81)67-37-22-45(43(85-6)20-35(37)54(75)65-24-29(3)17-40(65)56(67)77)87-15-8-16-88-46-23-38-36(21-44(46)86-7)55(76)66-25-30(4)18-41(66)57(78)68(38)61(82)90-27-33-11-14-42(39(19-33)69(83)84)91-59-50(72)48(70)49(71)51(92-59)58(79)80/h9-14,19-23,28,31,40-41,47-51,56-57,59,70-72,77-78H,3-4,8,15-18,24-27,62H2,1-2,5-7H3,(H,63,74)(H,64,73)(H,79,80)/t31?,40-,41-,47?,48-,49-,50+,51-,56-,57-,59+/m0/s1. The second-order valence-corrected chi connectivity index (χ2v) is 22.8. The van der Waals surface area contributed by atoms with E-state index in [1.807, 2.05) is 0 Å². The fraction of sp³-hybridized carbons (Fsp3) is 0.426. The van der Waals surface area contributed by atoms with Gasteiger partial charge in [-0.2, -0.15) is 0 Å². The molecule has 0 spiro atoms. The van der Waals surface area contributed by atoms with E-state index in [2.05, 4.69) is 23.8 Å². The van der Waals surface area contributed by atoms with Crippen molar-refractivity contribution in [1.29, 1.82) is 0 Å². The number of nitro groups is 1. The largest absolute Gasteiger partial charge is 0.493 e. The van der Waals surface area contributed by atoms with Gasteiger partial charge < -0.3 is 94.7 Å². The van der Waals surface area contributed by atoms with Gasteiger partial charge in [-0.05, 0) is 67.1 Å². The zero-order valence-corrected chi connectivity index (χ0v) is 50.5. The van der Waals surface area contributed by atoms with E-state index >= 15 is 0 Å². The highest BCUT2D eigenvalue weighted by molar-refractivity contribution is 6.07. The normalized spacial score (nSPS) is 23.2. The van der Waals surface area contributed by atoms with Crippen LogP contribution in [0, 0.1) is 16.0 Å². The lowest BCUT2D eigenvalue weighted by Crippen LogP contribution is -2.61. The van der Waals surface area contributed by atoms with Gasteiger partial charge in [0.1, 0.15) is 37.6 Å². The van der Waals surface area contributed by atoms with Crippen LogP contribution in [0.1, 0.15) is 71.9 Å². The summed E-state index contributed by atoms with van der Waals surface area (Å²) in [6.45, 7) is 12.0. The van der Waals surface area contributed by atoms with E-state index in [9.17, 15) is 74.3 Å². The smallest absolute Gasteiger partial charge is 0.416 e. The van der Waals surface area contributed by atoms with Crippen LogP contribution in [0.25, 0.3) is 0 Å². The maximum absolute atomic E-state index is 14.3. The molecular formula is C61H70N8O23. The second kappa shape index (κ2) is 27.9. The number of fused-ring (bicyclic) bond motifs is 4. The molecule has 492 valence electrons. The van der Waals surface area contributed by atoms with Gasteiger partial charge in [0.2, 0.25) is 18.1 Å². The molecule has 4 aromatic carbocycles. The first-order chi connectivity index (χ1) is 43.7. The molecule has 31 heteroatoms. The van der Waals surface area contributed by atoms with Gasteiger partial charge >= 0.3 is 23.8 Å². The topological polar surface area (TPSA) is 421 Å². The molecule has 0 saturated carbocycles. The monoisotopic (exact) mass is 1280 g/mol. The van der Waals surface area contributed by atoms with Gasteiger partial charge in [-0.25, -0.2) is 24.2 Å². The number of rotatable bonds is 21. The molecular weight excluding hydrogens is 1210 g/mol. The number of hydrogen-bond donors (Lipinski definition) is 9. The lowest BCUT2D eigenvalue weighted by Gasteiger charge is -2.38. The van der Waals surface area contributed by atoms with Crippen LogP contribution in [0.5, 0.6) is 28.7 Å². The number of aliphatic hydroxyl groups is 5. The molecule has 0 aliphatic carbocycles. The molecule has 5 heterocycles. The van der Waals surface area contributed by atoms with Crippen molar-refractivity contribution >= 4 is 64.5 Å². The summed E-state index contributed by atoms with van der Waals surface area (Å²) in [5.41, 5.74) is 6.85. The summed E-state index contributed by atoms with van der Waals surface area (Å²) >= 11 is 0. The number of aliphatic carboxylic acids is 1. The third kappa shape index (κ3) is 13.8. The molecule has 2 unspecified atom stereocenters. The van der Waals surface area contributed by atoms with Gasteiger partial charge in [0.15, 0.2) is 47.3 Å². The van der Waals surface area contributed by atoms with Gasteiger partial charge in [-0.3, -0.25) is 29.3 Å². The van der Waals surface area contributed by atoms with E-state index in [1.165, 1.54) is 61.3 Å². The summed E-state index contributed by atoms with van der Waals surface area (Å²) in [6.07, 6.45) is -15.5. The number of ether oxygens (including phenoxy) is 8. The van der Waals surface area contributed by atoms with Crippen molar-refractivity contribution in [3.8, 4) is 28.7 Å². The fourth-order valence-electron chi connectivity index (χ4n) is 11.0. The molecule has 3 fully saturated rings. The molecule has 31 nitrogen and oxygen atoms in total.